The lowest BCUT2D eigenvalue weighted by Gasteiger charge is -2.35. The number of amides is 1. The number of likely N-dealkylation sites (tertiary alicyclic amines) is 1. The van der Waals surface area contributed by atoms with Crippen LogP contribution in [0.1, 0.15) is 70.9 Å². The molecular weight excluding hydrogens is 382 g/mol. The van der Waals surface area contributed by atoms with Gasteiger partial charge < -0.3 is 10.2 Å². The first kappa shape index (κ1) is 24.9. The molecule has 2 atom stereocenters. The highest BCUT2D eigenvalue weighted by Crippen LogP contribution is 2.38. The summed E-state index contributed by atoms with van der Waals surface area (Å²) >= 11 is 0. The molecule has 2 rings (SSSR count). The van der Waals surface area contributed by atoms with Crippen molar-refractivity contribution >= 4 is 5.91 Å². The number of carbonyl (C=O) groups excluding carboxylic acids is 1. The lowest BCUT2D eigenvalue weighted by Crippen LogP contribution is -2.47. The van der Waals surface area contributed by atoms with E-state index in [0.29, 0.717) is 13.1 Å². The van der Waals surface area contributed by atoms with E-state index in [0.717, 1.165) is 45.1 Å². The van der Waals surface area contributed by atoms with Crippen LogP contribution in [0, 0.1) is 11.3 Å². The minimum Gasteiger partial charge on any atom is -0.326 e. The largest absolute Gasteiger partial charge is 0.326 e. The van der Waals surface area contributed by atoms with Crippen LogP contribution in [0.2, 0.25) is 0 Å². The van der Waals surface area contributed by atoms with Crippen molar-refractivity contribution in [2.45, 2.75) is 77.7 Å². The number of nitrogens with zero attached hydrogens (tertiary/aromatic N) is 2. The van der Waals surface area contributed by atoms with Gasteiger partial charge in [0.05, 0.1) is 12.6 Å². The minimum atomic E-state index is -0.265. The molecule has 1 saturated heterocycles. The second-order valence-electron chi connectivity index (χ2n) is 8.64. The minimum absolute atomic E-state index is 0.0408. The SMILES string of the molecule is C/C=C\C(=C/C)C(C)(CCNCC(=O)N1CCCCC1C#N)c1ccccc1CCC. The van der Waals surface area contributed by atoms with E-state index in [1.165, 1.54) is 16.7 Å². The molecule has 1 aliphatic heterocycles. The molecule has 0 radical (unpaired) electrons. The van der Waals surface area contributed by atoms with Crippen molar-refractivity contribution in [1.29, 1.82) is 5.26 Å². The fourth-order valence-electron chi connectivity index (χ4n) is 4.76. The predicted octanol–water partition coefficient (Wildman–Crippen LogP) is 5.30. The van der Waals surface area contributed by atoms with Crippen LogP contribution in [-0.4, -0.2) is 36.5 Å². The number of allylic oxidation sites excluding steroid dienone is 4. The smallest absolute Gasteiger partial charge is 0.237 e. The van der Waals surface area contributed by atoms with Gasteiger partial charge in [-0.3, -0.25) is 4.79 Å². The Bertz CT molecular complexity index is 820. The summed E-state index contributed by atoms with van der Waals surface area (Å²) in [5.74, 6) is 0.0408. The van der Waals surface area contributed by atoms with Gasteiger partial charge in [0.15, 0.2) is 0 Å². The van der Waals surface area contributed by atoms with Crippen LogP contribution in [0.3, 0.4) is 0 Å². The summed E-state index contributed by atoms with van der Waals surface area (Å²) in [5, 5.41) is 12.7. The molecule has 4 heteroatoms. The van der Waals surface area contributed by atoms with Crippen LogP contribution in [0.4, 0.5) is 0 Å². The normalized spacial score (nSPS) is 19.3. The third-order valence-corrected chi connectivity index (χ3v) is 6.48. The van der Waals surface area contributed by atoms with Crippen LogP contribution < -0.4 is 5.32 Å². The first-order chi connectivity index (χ1) is 15.0. The van der Waals surface area contributed by atoms with Crippen LogP contribution in [-0.2, 0) is 16.6 Å². The summed E-state index contributed by atoms with van der Waals surface area (Å²) < 4.78 is 0. The Morgan fingerprint density at radius 2 is 2.10 bits per heavy atom. The summed E-state index contributed by atoms with van der Waals surface area (Å²) in [4.78, 5) is 14.4. The second-order valence-corrected chi connectivity index (χ2v) is 8.64. The predicted molar refractivity (Wildman–Crippen MR) is 129 cm³/mol. The number of piperidine rings is 1. The van der Waals surface area contributed by atoms with Gasteiger partial charge in [-0.05, 0) is 69.2 Å². The summed E-state index contributed by atoms with van der Waals surface area (Å²) in [7, 11) is 0. The first-order valence-electron chi connectivity index (χ1n) is 11.8. The van der Waals surface area contributed by atoms with E-state index in [4.69, 9.17) is 0 Å². The lowest BCUT2D eigenvalue weighted by atomic mass is 9.70. The Kier molecular flexibility index (Phi) is 10.0. The maximum absolute atomic E-state index is 12.7. The highest BCUT2D eigenvalue weighted by molar-refractivity contribution is 5.79. The summed E-state index contributed by atoms with van der Waals surface area (Å²) in [6, 6.07) is 10.8. The Balaban J connectivity index is 2.13. The number of nitriles is 1. The Hall–Kier alpha value is -2.38. The van der Waals surface area contributed by atoms with E-state index in [-0.39, 0.29) is 17.4 Å². The molecule has 0 aliphatic carbocycles. The highest BCUT2D eigenvalue weighted by atomic mass is 16.2. The van der Waals surface area contributed by atoms with Crippen molar-refractivity contribution in [3.05, 3.63) is 59.2 Å². The molecule has 2 unspecified atom stereocenters. The molecule has 168 valence electrons. The monoisotopic (exact) mass is 421 g/mol. The van der Waals surface area contributed by atoms with E-state index < -0.39 is 0 Å². The Morgan fingerprint density at radius 3 is 2.77 bits per heavy atom. The van der Waals surface area contributed by atoms with Crippen molar-refractivity contribution in [3.63, 3.8) is 0 Å². The number of hydrogen-bond donors (Lipinski definition) is 1. The summed E-state index contributed by atoms with van der Waals surface area (Å²) in [6.45, 7) is 10.4. The fraction of sp³-hybridized carbons (Fsp3) is 0.556. The molecule has 1 aromatic rings. The van der Waals surface area contributed by atoms with Crippen molar-refractivity contribution in [2.75, 3.05) is 19.6 Å². The zero-order valence-corrected chi connectivity index (χ0v) is 19.8. The summed E-state index contributed by atoms with van der Waals surface area (Å²) in [6.07, 6.45) is 12.4. The lowest BCUT2D eigenvalue weighted by molar-refractivity contribution is -0.132. The highest BCUT2D eigenvalue weighted by Gasteiger charge is 2.31. The maximum atomic E-state index is 12.7. The molecule has 0 spiro atoms. The molecule has 1 N–H and O–H groups in total. The number of rotatable bonds is 10. The number of carbonyl (C=O) groups is 1. The van der Waals surface area contributed by atoms with Crippen LogP contribution in [0.25, 0.3) is 0 Å². The van der Waals surface area contributed by atoms with Gasteiger partial charge in [0.2, 0.25) is 5.91 Å². The summed E-state index contributed by atoms with van der Waals surface area (Å²) in [5.41, 5.74) is 3.94. The topological polar surface area (TPSA) is 56.1 Å². The molecule has 1 aromatic carbocycles. The quantitative estimate of drug-likeness (QED) is 0.412. The van der Waals surface area contributed by atoms with E-state index >= 15 is 0 Å². The van der Waals surface area contributed by atoms with Gasteiger partial charge in [-0.15, -0.1) is 0 Å². The van der Waals surface area contributed by atoms with Crippen molar-refractivity contribution in [3.8, 4) is 6.07 Å². The van der Waals surface area contributed by atoms with Crippen LogP contribution in [0.15, 0.2) is 48.1 Å². The maximum Gasteiger partial charge on any atom is 0.237 e. The van der Waals surface area contributed by atoms with E-state index in [2.05, 4.69) is 81.6 Å². The van der Waals surface area contributed by atoms with Gasteiger partial charge in [0, 0.05) is 12.0 Å². The standard InChI is InChI=1S/C27H39N3O/c1-5-12-22-14-8-9-16-25(22)27(4,23(7-3)13-6-2)17-18-29-21-26(31)30-19-11-10-15-24(30)20-28/h6-9,13-14,16,24,29H,5,10-12,15,17-19,21H2,1-4H3/b13-6-,23-7+. The van der Waals surface area contributed by atoms with Crippen LogP contribution >= 0.6 is 0 Å². The molecule has 0 bridgehead atoms. The molecular formula is C27H39N3O. The molecule has 1 amide bonds. The number of nitrogens with one attached hydrogen (secondary N) is 1. The van der Waals surface area contributed by atoms with Crippen molar-refractivity contribution in [1.82, 2.24) is 10.2 Å². The molecule has 31 heavy (non-hydrogen) atoms. The Morgan fingerprint density at radius 1 is 1.32 bits per heavy atom. The van der Waals surface area contributed by atoms with Gasteiger partial charge in [-0.25, -0.2) is 0 Å². The average Bonchev–Trinajstić information content (AvgIpc) is 2.80. The fourth-order valence-corrected chi connectivity index (χ4v) is 4.76. The molecule has 4 nitrogen and oxygen atoms in total. The van der Waals surface area contributed by atoms with E-state index in [9.17, 15) is 10.1 Å². The van der Waals surface area contributed by atoms with Gasteiger partial charge in [0.1, 0.15) is 6.04 Å². The first-order valence-corrected chi connectivity index (χ1v) is 11.8. The zero-order valence-electron chi connectivity index (χ0n) is 19.8. The number of benzene rings is 1. The van der Waals surface area contributed by atoms with E-state index in [1.54, 1.807) is 4.90 Å². The second kappa shape index (κ2) is 12.5. The van der Waals surface area contributed by atoms with Gasteiger partial charge in [-0.1, -0.05) is 62.8 Å². The number of hydrogen-bond acceptors (Lipinski definition) is 3. The molecule has 0 saturated carbocycles. The molecule has 1 aliphatic rings. The zero-order chi connectivity index (χ0) is 22.7. The Labute approximate surface area is 189 Å². The van der Waals surface area contributed by atoms with Crippen LogP contribution in [0.5, 0.6) is 0 Å². The molecule has 1 heterocycles. The van der Waals surface area contributed by atoms with Gasteiger partial charge >= 0.3 is 0 Å². The average molecular weight is 422 g/mol. The molecule has 0 aromatic heterocycles. The van der Waals surface area contributed by atoms with Crippen molar-refractivity contribution < 1.29 is 4.79 Å². The number of aryl methyl sites for hydroxylation is 1. The van der Waals surface area contributed by atoms with Crippen molar-refractivity contribution in [2.24, 2.45) is 0 Å². The molecule has 1 fully saturated rings. The van der Waals surface area contributed by atoms with E-state index in [1.807, 2.05) is 0 Å². The third kappa shape index (κ3) is 6.31. The van der Waals surface area contributed by atoms with Gasteiger partial charge in [0.25, 0.3) is 0 Å². The third-order valence-electron chi connectivity index (χ3n) is 6.48. The van der Waals surface area contributed by atoms with Gasteiger partial charge in [-0.2, -0.15) is 5.26 Å².